The molecule has 0 aliphatic rings. The lowest BCUT2D eigenvalue weighted by Gasteiger charge is -2.13. The summed E-state index contributed by atoms with van der Waals surface area (Å²) < 4.78 is 0. The maximum absolute atomic E-state index is 6.11. The van der Waals surface area contributed by atoms with E-state index in [1.807, 2.05) is 12.3 Å². The van der Waals surface area contributed by atoms with Crippen molar-refractivity contribution in [1.82, 2.24) is 20.2 Å². The van der Waals surface area contributed by atoms with Gasteiger partial charge in [-0.1, -0.05) is 27.7 Å². The molecule has 3 aromatic rings. The highest BCUT2D eigenvalue weighted by Crippen LogP contribution is 2.34. The predicted octanol–water partition coefficient (Wildman–Crippen LogP) is 3.80. The van der Waals surface area contributed by atoms with Crippen molar-refractivity contribution in [3.05, 3.63) is 23.7 Å². The van der Waals surface area contributed by atoms with Crippen LogP contribution in [-0.4, -0.2) is 20.2 Å². The van der Waals surface area contributed by atoms with Gasteiger partial charge in [0.1, 0.15) is 5.52 Å². The summed E-state index contributed by atoms with van der Waals surface area (Å²) in [6.45, 7) is 8.78. The van der Waals surface area contributed by atoms with E-state index in [0.717, 1.165) is 46.0 Å². The average molecular weight is 297 g/mol. The van der Waals surface area contributed by atoms with Crippen LogP contribution < -0.4 is 5.73 Å². The summed E-state index contributed by atoms with van der Waals surface area (Å²) >= 11 is 0. The summed E-state index contributed by atoms with van der Waals surface area (Å²) in [6, 6.07) is 1.93. The Labute approximate surface area is 130 Å². The van der Waals surface area contributed by atoms with Gasteiger partial charge in [0.15, 0.2) is 5.82 Å². The van der Waals surface area contributed by atoms with Gasteiger partial charge in [0, 0.05) is 22.7 Å². The molecule has 0 saturated carbocycles. The number of hydrogen-bond acceptors (Lipinski definition) is 4. The third-order valence-electron chi connectivity index (χ3n) is 4.22. The fraction of sp³-hybridized carbons (Fsp3) is 0.471. The van der Waals surface area contributed by atoms with Crippen molar-refractivity contribution < 1.29 is 0 Å². The number of rotatable bonds is 4. The van der Waals surface area contributed by atoms with Crippen molar-refractivity contribution in [3.8, 4) is 0 Å². The lowest BCUT2D eigenvalue weighted by molar-refractivity contribution is 0.636. The second kappa shape index (κ2) is 5.55. The van der Waals surface area contributed by atoms with E-state index in [1.165, 1.54) is 0 Å². The maximum atomic E-state index is 6.11. The van der Waals surface area contributed by atoms with Gasteiger partial charge < -0.3 is 5.73 Å². The van der Waals surface area contributed by atoms with Crippen LogP contribution in [0, 0.1) is 5.92 Å². The molecular formula is C17H23N5. The Balaban J connectivity index is 2.42. The first-order valence-electron chi connectivity index (χ1n) is 7.93. The Kier molecular flexibility index (Phi) is 3.72. The van der Waals surface area contributed by atoms with Gasteiger partial charge in [-0.25, -0.2) is 4.98 Å². The molecular weight excluding hydrogens is 274 g/mol. The molecule has 22 heavy (non-hydrogen) atoms. The van der Waals surface area contributed by atoms with Crippen molar-refractivity contribution in [2.45, 2.75) is 46.5 Å². The summed E-state index contributed by atoms with van der Waals surface area (Å²) in [5.74, 6) is 1.39. The molecule has 0 fully saturated rings. The Bertz CT molecular complexity index is 819. The number of anilines is 1. The van der Waals surface area contributed by atoms with E-state index in [1.54, 1.807) is 0 Å². The average Bonchev–Trinajstić information content (AvgIpc) is 2.89. The van der Waals surface area contributed by atoms with Crippen LogP contribution in [0.3, 0.4) is 0 Å². The number of aromatic nitrogens is 4. The van der Waals surface area contributed by atoms with Crippen molar-refractivity contribution in [1.29, 1.82) is 0 Å². The molecule has 116 valence electrons. The molecule has 0 amide bonds. The fourth-order valence-electron chi connectivity index (χ4n) is 2.95. The molecule has 5 heteroatoms. The smallest absolute Gasteiger partial charge is 0.152 e. The van der Waals surface area contributed by atoms with Gasteiger partial charge in [-0.3, -0.25) is 10.1 Å². The third-order valence-corrected chi connectivity index (χ3v) is 4.22. The molecule has 5 nitrogen and oxygen atoms in total. The monoisotopic (exact) mass is 297 g/mol. The van der Waals surface area contributed by atoms with Crippen molar-refractivity contribution in [3.63, 3.8) is 0 Å². The Morgan fingerprint density at radius 1 is 1.23 bits per heavy atom. The summed E-state index contributed by atoms with van der Waals surface area (Å²) in [5.41, 5.74) is 9.99. The van der Waals surface area contributed by atoms with Crippen LogP contribution in [0.4, 0.5) is 5.82 Å². The summed E-state index contributed by atoms with van der Waals surface area (Å²) in [7, 11) is 0. The van der Waals surface area contributed by atoms with Crippen LogP contribution in [0.5, 0.6) is 0 Å². The Hall–Kier alpha value is -2.17. The van der Waals surface area contributed by atoms with Gasteiger partial charge >= 0.3 is 0 Å². The van der Waals surface area contributed by atoms with Crippen LogP contribution in [-0.2, 0) is 6.42 Å². The van der Waals surface area contributed by atoms with Crippen LogP contribution in [0.15, 0.2) is 12.3 Å². The van der Waals surface area contributed by atoms with E-state index in [4.69, 9.17) is 5.73 Å². The van der Waals surface area contributed by atoms with Crippen LogP contribution in [0.2, 0.25) is 0 Å². The van der Waals surface area contributed by atoms with Crippen molar-refractivity contribution in [2.75, 3.05) is 5.73 Å². The van der Waals surface area contributed by atoms with E-state index in [-0.39, 0.29) is 0 Å². The number of aromatic amines is 1. The zero-order valence-corrected chi connectivity index (χ0v) is 13.6. The van der Waals surface area contributed by atoms with Gasteiger partial charge in [0.05, 0.1) is 11.2 Å². The first-order valence-corrected chi connectivity index (χ1v) is 7.93. The number of nitrogens with two attached hydrogens (primary N) is 1. The molecule has 0 spiro atoms. The molecule has 1 unspecified atom stereocenters. The van der Waals surface area contributed by atoms with Crippen LogP contribution in [0.1, 0.15) is 51.4 Å². The van der Waals surface area contributed by atoms with E-state index in [2.05, 4.69) is 47.9 Å². The van der Waals surface area contributed by atoms with Crippen LogP contribution >= 0.6 is 0 Å². The molecule has 1 atom stereocenters. The third kappa shape index (κ3) is 2.30. The first kappa shape index (κ1) is 14.8. The van der Waals surface area contributed by atoms with E-state index in [0.29, 0.717) is 17.7 Å². The van der Waals surface area contributed by atoms with Crippen LogP contribution in [0.25, 0.3) is 21.8 Å². The molecule has 0 aliphatic heterocycles. The number of H-pyrrole nitrogens is 1. The lowest BCUT2D eigenvalue weighted by atomic mass is 9.96. The second-order valence-electron chi connectivity index (χ2n) is 6.42. The number of nitrogen functional groups attached to an aromatic ring is 1. The zero-order valence-electron chi connectivity index (χ0n) is 13.6. The summed E-state index contributed by atoms with van der Waals surface area (Å²) in [4.78, 5) is 9.16. The highest BCUT2D eigenvalue weighted by Gasteiger charge is 2.19. The van der Waals surface area contributed by atoms with Gasteiger partial charge in [0.2, 0.25) is 0 Å². The molecule has 0 aliphatic carbocycles. The minimum atomic E-state index is 0.374. The van der Waals surface area contributed by atoms with Gasteiger partial charge in [-0.2, -0.15) is 5.10 Å². The minimum absolute atomic E-state index is 0.374. The molecule has 3 heterocycles. The van der Waals surface area contributed by atoms with Crippen molar-refractivity contribution in [2.24, 2.45) is 5.92 Å². The largest absolute Gasteiger partial charge is 0.382 e. The number of nitrogens with one attached hydrogen (secondary N) is 1. The number of nitrogens with zero attached hydrogens (tertiary/aromatic N) is 3. The van der Waals surface area contributed by atoms with Gasteiger partial charge in [-0.05, 0) is 30.7 Å². The van der Waals surface area contributed by atoms with Gasteiger partial charge in [0.25, 0.3) is 0 Å². The molecule has 0 aromatic carbocycles. The molecule has 3 aromatic heterocycles. The highest BCUT2D eigenvalue weighted by molar-refractivity contribution is 6.10. The number of pyridine rings is 2. The zero-order chi connectivity index (χ0) is 15.9. The molecule has 3 N–H and O–H groups in total. The quantitative estimate of drug-likeness (QED) is 0.767. The molecule has 0 bridgehead atoms. The number of hydrogen-bond donors (Lipinski definition) is 2. The molecule has 0 saturated heterocycles. The van der Waals surface area contributed by atoms with E-state index >= 15 is 0 Å². The van der Waals surface area contributed by atoms with E-state index in [9.17, 15) is 0 Å². The normalized spacial score (nSPS) is 13.3. The van der Waals surface area contributed by atoms with Crippen molar-refractivity contribution >= 4 is 27.6 Å². The highest BCUT2D eigenvalue weighted by atomic mass is 15.1. The Morgan fingerprint density at radius 2 is 2.00 bits per heavy atom. The Morgan fingerprint density at radius 3 is 2.68 bits per heavy atom. The minimum Gasteiger partial charge on any atom is -0.382 e. The van der Waals surface area contributed by atoms with Gasteiger partial charge in [-0.15, -0.1) is 0 Å². The molecule has 3 rings (SSSR count). The summed E-state index contributed by atoms with van der Waals surface area (Å²) in [5, 5.41) is 9.77. The predicted molar refractivity (Wildman–Crippen MR) is 90.9 cm³/mol. The lowest BCUT2D eigenvalue weighted by Crippen LogP contribution is -2.02. The number of fused-ring (bicyclic) bond motifs is 3. The topological polar surface area (TPSA) is 80.5 Å². The molecule has 0 radical (unpaired) electrons. The standard InChI is InChI=1S/C17H23N5/c1-5-10(4)15-13-11(6-7-19-15)20-17(18)16-14(13)12(21-22-16)8-9(2)3/h6-7,9-10H,5,8H2,1-4H3,(H2,18,20)(H,21,22). The second-order valence-corrected chi connectivity index (χ2v) is 6.42. The fourth-order valence-corrected chi connectivity index (χ4v) is 2.95. The first-order chi connectivity index (χ1) is 10.5. The maximum Gasteiger partial charge on any atom is 0.152 e. The summed E-state index contributed by atoms with van der Waals surface area (Å²) in [6.07, 6.45) is 3.80. The SMILES string of the molecule is CCC(C)c1nccc2nc(N)c3n[nH]c(CC(C)C)c3c12. The van der Waals surface area contributed by atoms with E-state index < -0.39 is 0 Å².